The standard InChI is InChI=1S/C17H20N6O8S/c1-17(2,14(28)29)31-21-10(8-6-32-15(18)20-8)11(24)19-7-5-23(12(7)25)16(30)22-4-3-9(22)13(26)27/h6-7,9H,3-5H2,1-2H3,(H2,18,20)(H,19,24)(H,26,27)(H,28,29). The summed E-state index contributed by atoms with van der Waals surface area (Å²) in [7, 11) is 0. The summed E-state index contributed by atoms with van der Waals surface area (Å²) in [6, 6.07) is -2.79. The normalized spacial score (nSPS) is 20.8. The van der Waals surface area contributed by atoms with Gasteiger partial charge in [-0.15, -0.1) is 11.3 Å². The van der Waals surface area contributed by atoms with Crippen LogP contribution in [0.3, 0.4) is 0 Å². The molecule has 0 saturated carbocycles. The molecule has 2 aliphatic heterocycles. The van der Waals surface area contributed by atoms with Crippen LogP contribution in [-0.2, 0) is 24.0 Å². The van der Waals surface area contributed by atoms with Crippen molar-refractivity contribution in [1.29, 1.82) is 0 Å². The average molecular weight is 468 g/mol. The molecule has 0 aliphatic carbocycles. The number of aromatic nitrogens is 1. The molecule has 0 radical (unpaired) electrons. The Morgan fingerprint density at radius 2 is 2.03 bits per heavy atom. The van der Waals surface area contributed by atoms with E-state index in [1.54, 1.807) is 0 Å². The number of anilines is 1. The van der Waals surface area contributed by atoms with Crippen LogP contribution in [0.1, 0.15) is 26.0 Å². The highest BCUT2D eigenvalue weighted by atomic mass is 32.1. The molecule has 5 N–H and O–H groups in total. The predicted molar refractivity (Wildman–Crippen MR) is 108 cm³/mol. The number of aliphatic carboxylic acids is 2. The molecule has 1 aromatic rings. The molecule has 1 aromatic heterocycles. The van der Waals surface area contributed by atoms with Crippen LogP contribution in [0.2, 0.25) is 0 Å². The first-order valence-electron chi connectivity index (χ1n) is 9.29. The molecule has 2 aliphatic rings. The fraction of sp³-hybridized carbons (Fsp3) is 0.471. The Kier molecular flexibility index (Phi) is 6.03. The van der Waals surface area contributed by atoms with Gasteiger partial charge in [0.2, 0.25) is 5.60 Å². The number of hydrogen-bond acceptors (Lipinski definition) is 10. The van der Waals surface area contributed by atoms with Crippen molar-refractivity contribution < 1.29 is 39.0 Å². The SMILES string of the molecule is CC(C)(ON=C(C(=O)NC1CN(C(=O)N2CCC2C(=O)O)C1=O)c1csc(N)n1)C(=O)O. The van der Waals surface area contributed by atoms with E-state index in [1.165, 1.54) is 19.2 Å². The highest BCUT2D eigenvalue weighted by Gasteiger charge is 2.48. The molecule has 3 heterocycles. The van der Waals surface area contributed by atoms with Crippen LogP contribution in [0.25, 0.3) is 0 Å². The maximum absolute atomic E-state index is 12.7. The number of nitrogens with two attached hydrogens (primary N) is 1. The zero-order chi connectivity index (χ0) is 23.8. The van der Waals surface area contributed by atoms with Gasteiger partial charge in [0.15, 0.2) is 10.8 Å². The molecule has 14 nitrogen and oxygen atoms in total. The van der Waals surface area contributed by atoms with Crippen molar-refractivity contribution in [3.8, 4) is 0 Å². The average Bonchev–Trinajstić information content (AvgIpc) is 3.08. The molecule has 2 atom stereocenters. The van der Waals surface area contributed by atoms with E-state index < -0.39 is 53.2 Å². The molecule has 2 unspecified atom stereocenters. The van der Waals surface area contributed by atoms with Crippen LogP contribution in [0.4, 0.5) is 9.93 Å². The first-order chi connectivity index (χ1) is 14.9. The summed E-state index contributed by atoms with van der Waals surface area (Å²) >= 11 is 1.01. The van der Waals surface area contributed by atoms with Crippen molar-refractivity contribution in [2.45, 2.75) is 38.0 Å². The fourth-order valence-electron chi connectivity index (χ4n) is 2.76. The zero-order valence-corrected chi connectivity index (χ0v) is 17.8. The quantitative estimate of drug-likeness (QED) is 0.216. The lowest BCUT2D eigenvalue weighted by Gasteiger charge is -2.45. The van der Waals surface area contributed by atoms with Crippen LogP contribution < -0.4 is 11.1 Å². The molecule has 2 fully saturated rings. The minimum atomic E-state index is -1.75. The van der Waals surface area contributed by atoms with Gasteiger partial charge in [-0.2, -0.15) is 0 Å². The minimum absolute atomic E-state index is 0.00997. The van der Waals surface area contributed by atoms with E-state index in [0.29, 0.717) is 6.42 Å². The Bertz CT molecular complexity index is 1020. The number of imide groups is 1. The molecule has 3 rings (SSSR count). The highest BCUT2D eigenvalue weighted by molar-refractivity contribution is 7.13. The number of rotatable bonds is 7. The lowest BCUT2D eigenvalue weighted by Crippen LogP contribution is -2.70. The number of urea groups is 1. The van der Waals surface area contributed by atoms with Crippen LogP contribution in [0, 0.1) is 0 Å². The second kappa shape index (κ2) is 8.41. The van der Waals surface area contributed by atoms with Gasteiger partial charge < -0.3 is 31.0 Å². The van der Waals surface area contributed by atoms with E-state index in [0.717, 1.165) is 21.1 Å². The summed E-state index contributed by atoms with van der Waals surface area (Å²) in [6.07, 6.45) is 0.298. The van der Waals surface area contributed by atoms with Gasteiger partial charge in [-0.1, -0.05) is 5.16 Å². The monoisotopic (exact) mass is 468 g/mol. The first-order valence-corrected chi connectivity index (χ1v) is 10.2. The molecule has 0 aromatic carbocycles. The van der Waals surface area contributed by atoms with E-state index in [-0.39, 0.29) is 23.9 Å². The van der Waals surface area contributed by atoms with Crippen molar-refractivity contribution >= 4 is 52.0 Å². The zero-order valence-electron chi connectivity index (χ0n) is 17.0. The fourth-order valence-corrected chi connectivity index (χ4v) is 3.31. The van der Waals surface area contributed by atoms with Crippen molar-refractivity contribution in [3.63, 3.8) is 0 Å². The number of nitrogen functional groups attached to an aromatic ring is 1. The summed E-state index contributed by atoms with van der Waals surface area (Å²) in [5.74, 6) is -4.10. The number of carbonyl (C=O) groups is 5. The van der Waals surface area contributed by atoms with Gasteiger partial charge in [-0.25, -0.2) is 19.4 Å². The lowest BCUT2D eigenvalue weighted by molar-refractivity contribution is -0.161. The molecule has 4 amide bonds. The molecular formula is C17H20N6O8S. The van der Waals surface area contributed by atoms with Crippen molar-refractivity contribution in [2.24, 2.45) is 5.16 Å². The maximum atomic E-state index is 12.7. The van der Waals surface area contributed by atoms with E-state index in [9.17, 15) is 24.0 Å². The smallest absolute Gasteiger partial charge is 0.350 e. The van der Waals surface area contributed by atoms with Gasteiger partial charge in [0, 0.05) is 11.9 Å². The number of β-lactam (4-membered cyclic amide) rings is 1. The Balaban J connectivity index is 1.68. The number of carbonyl (C=O) groups excluding carboxylic acids is 3. The van der Waals surface area contributed by atoms with Crippen molar-refractivity contribution in [3.05, 3.63) is 11.1 Å². The largest absolute Gasteiger partial charge is 0.480 e. The number of carboxylic acid groups (broad SMARTS) is 2. The second-order valence-corrected chi connectivity index (χ2v) is 8.40. The van der Waals surface area contributed by atoms with Crippen LogP contribution >= 0.6 is 11.3 Å². The third-order valence-electron chi connectivity index (χ3n) is 4.88. The maximum Gasteiger partial charge on any atom is 0.350 e. The van der Waals surface area contributed by atoms with Crippen LogP contribution in [0.5, 0.6) is 0 Å². The van der Waals surface area contributed by atoms with Crippen molar-refractivity contribution in [2.75, 3.05) is 18.8 Å². The molecule has 15 heteroatoms. The second-order valence-electron chi connectivity index (χ2n) is 7.51. The van der Waals surface area contributed by atoms with E-state index in [1.807, 2.05) is 0 Å². The Hall–Kier alpha value is -3.75. The topological polar surface area (TPSA) is 205 Å². The number of thiazole rings is 1. The summed E-state index contributed by atoms with van der Waals surface area (Å²) in [5, 5.41) is 25.7. The third-order valence-corrected chi connectivity index (χ3v) is 5.55. The Labute approximate surface area is 184 Å². The molecule has 0 spiro atoms. The Morgan fingerprint density at radius 1 is 1.34 bits per heavy atom. The number of nitrogens with one attached hydrogen (secondary N) is 1. The van der Waals surface area contributed by atoms with Gasteiger partial charge in [0.1, 0.15) is 17.8 Å². The van der Waals surface area contributed by atoms with Gasteiger partial charge in [0.25, 0.3) is 11.8 Å². The number of nitrogens with zero attached hydrogens (tertiary/aromatic N) is 4. The summed E-state index contributed by atoms with van der Waals surface area (Å²) in [6.45, 7) is 2.50. The number of carboxylic acids is 2. The lowest BCUT2D eigenvalue weighted by atomic mass is 10.0. The third kappa shape index (κ3) is 4.32. The minimum Gasteiger partial charge on any atom is -0.480 e. The molecule has 2 saturated heterocycles. The summed E-state index contributed by atoms with van der Waals surface area (Å²) in [5.41, 5.74) is 3.44. The van der Waals surface area contributed by atoms with Gasteiger partial charge >= 0.3 is 18.0 Å². The summed E-state index contributed by atoms with van der Waals surface area (Å²) in [4.78, 5) is 70.5. The van der Waals surface area contributed by atoms with Gasteiger partial charge in [0.05, 0.1) is 6.54 Å². The van der Waals surface area contributed by atoms with E-state index in [4.69, 9.17) is 20.8 Å². The number of likely N-dealkylation sites (tertiary alicyclic amines) is 2. The number of oxime groups is 1. The number of amides is 4. The molecule has 32 heavy (non-hydrogen) atoms. The van der Waals surface area contributed by atoms with Crippen LogP contribution in [-0.4, -0.2) is 91.3 Å². The molecule has 172 valence electrons. The number of hydrogen-bond donors (Lipinski definition) is 4. The first kappa shape index (κ1) is 22.9. The van der Waals surface area contributed by atoms with Crippen molar-refractivity contribution in [1.82, 2.24) is 20.1 Å². The molecular weight excluding hydrogens is 448 g/mol. The van der Waals surface area contributed by atoms with E-state index >= 15 is 0 Å². The highest BCUT2D eigenvalue weighted by Crippen LogP contribution is 2.23. The summed E-state index contributed by atoms with van der Waals surface area (Å²) < 4.78 is 0. The van der Waals surface area contributed by atoms with Crippen LogP contribution in [0.15, 0.2) is 10.5 Å². The van der Waals surface area contributed by atoms with Gasteiger partial charge in [-0.05, 0) is 20.3 Å². The van der Waals surface area contributed by atoms with Gasteiger partial charge in [-0.3, -0.25) is 14.5 Å². The molecule has 0 bridgehead atoms. The Morgan fingerprint density at radius 3 is 2.50 bits per heavy atom. The van der Waals surface area contributed by atoms with E-state index in [2.05, 4.69) is 15.5 Å². The predicted octanol–water partition coefficient (Wildman–Crippen LogP) is -1.08.